The summed E-state index contributed by atoms with van der Waals surface area (Å²) in [6.45, 7) is 6.70. The Balaban J connectivity index is 1.51. The monoisotopic (exact) mass is 427 g/mol. The minimum atomic E-state index is -0.0497. The first kappa shape index (κ1) is 22.7. The highest BCUT2D eigenvalue weighted by Gasteiger charge is 2.19. The molecule has 1 aliphatic rings. The van der Waals surface area contributed by atoms with Crippen LogP contribution in [0.4, 0.5) is 0 Å². The molecule has 2 atom stereocenters. The van der Waals surface area contributed by atoms with Crippen LogP contribution in [0, 0.1) is 6.92 Å². The molecule has 31 heavy (non-hydrogen) atoms. The summed E-state index contributed by atoms with van der Waals surface area (Å²) in [5, 5.41) is 6.67. The van der Waals surface area contributed by atoms with E-state index in [0.717, 1.165) is 35.8 Å². The molecule has 1 saturated heterocycles. The molecular weight excluding hydrogens is 394 g/mol. The fourth-order valence-corrected chi connectivity index (χ4v) is 3.29. The SMILES string of the molecule is CN=C(NCc1ccc(C)cc1OC1CCOC1)NCC(C)Oc1cccc(OC)c1. The Labute approximate surface area is 184 Å². The summed E-state index contributed by atoms with van der Waals surface area (Å²) in [5.41, 5.74) is 2.25. The molecule has 7 nitrogen and oxygen atoms in total. The van der Waals surface area contributed by atoms with Gasteiger partial charge in [0.05, 0.1) is 26.9 Å². The zero-order chi connectivity index (χ0) is 22.1. The highest BCUT2D eigenvalue weighted by Crippen LogP contribution is 2.24. The molecule has 3 rings (SSSR count). The van der Waals surface area contributed by atoms with E-state index in [1.807, 2.05) is 31.2 Å². The van der Waals surface area contributed by atoms with E-state index in [1.54, 1.807) is 14.2 Å². The van der Waals surface area contributed by atoms with E-state index in [0.29, 0.717) is 25.7 Å². The molecule has 0 aromatic heterocycles. The van der Waals surface area contributed by atoms with Gasteiger partial charge in [-0.15, -0.1) is 0 Å². The molecule has 0 saturated carbocycles. The standard InChI is InChI=1S/C24H33N3O4/c1-17-8-9-19(23(12-17)31-22-10-11-29-16-22)15-27-24(25-3)26-14-18(2)30-21-7-5-6-20(13-21)28-4/h5-9,12-13,18,22H,10-11,14-16H2,1-4H3,(H2,25,26,27). The number of guanidine groups is 1. The highest BCUT2D eigenvalue weighted by atomic mass is 16.5. The van der Waals surface area contributed by atoms with E-state index in [9.17, 15) is 0 Å². The van der Waals surface area contributed by atoms with Crippen molar-refractivity contribution >= 4 is 5.96 Å². The van der Waals surface area contributed by atoms with Crippen molar-refractivity contribution in [3.63, 3.8) is 0 Å². The van der Waals surface area contributed by atoms with Gasteiger partial charge in [0.1, 0.15) is 29.5 Å². The van der Waals surface area contributed by atoms with Crippen LogP contribution in [0.15, 0.2) is 47.5 Å². The van der Waals surface area contributed by atoms with Gasteiger partial charge in [-0.1, -0.05) is 18.2 Å². The topological polar surface area (TPSA) is 73.3 Å². The first-order chi connectivity index (χ1) is 15.1. The molecule has 0 bridgehead atoms. The first-order valence-corrected chi connectivity index (χ1v) is 10.7. The number of benzene rings is 2. The summed E-state index contributed by atoms with van der Waals surface area (Å²) < 4.78 is 22.8. The maximum Gasteiger partial charge on any atom is 0.191 e. The van der Waals surface area contributed by atoms with E-state index in [-0.39, 0.29) is 12.2 Å². The molecule has 0 amide bonds. The van der Waals surface area contributed by atoms with Crippen molar-refractivity contribution in [3.05, 3.63) is 53.6 Å². The molecule has 2 aromatic carbocycles. The average molecular weight is 428 g/mol. The third kappa shape index (κ3) is 7.07. The normalized spacial score (nSPS) is 17.2. The van der Waals surface area contributed by atoms with Gasteiger partial charge in [-0.3, -0.25) is 4.99 Å². The minimum absolute atomic E-state index is 0.0497. The van der Waals surface area contributed by atoms with Gasteiger partial charge in [0.15, 0.2) is 5.96 Å². The predicted molar refractivity (Wildman–Crippen MR) is 122 cm³/mol. The van der Waals surface area contributed by atoms with Crippen LogP contribution < -0.4 is 24.8 Å². The molecule has 0 aliphatic carbocycles. The van der Waals surface area contributed by atoms with E-state index in [4.69, 9.17) is 18.9 Å². The quantitative estimate of drug-likeness (QED) is 0.473. The molecule has 1 aliphatic heterocycles. The van der Waals surface area contributed by atoms with Crippen molar-refractivity contribution in [1.29, 1.82) is 0 Å². The summed E-state index contributed by atoms with van der Waals surface area (Å²) >= 11 is 0. The van der Waals surface area contributed by atoms with Crippen molar-refractivity contribution in [2.75, 3.05) is 33.9 Å². The first-order valence-electron chi connectivity index (χ1n) is 10.7. The van der Waals surface area contributed by atoms with Gasteiger partial charge in [-0.2, -0.15) is 0 Å². The third-order valence-corrected chi connectivity index (χ3v) is 5.01. The maximum absolute atomic E-state index is 6.18. The van der Waals surface area contributed by atoms with E-state index in [1.165, 1.54) is 5.56 Å². The van der Waals surface area contributed by atoms with E-state index < -0.39 is 0 Å². The Bertz CT molecular complexity index is 866. The Hall–Kier alpha value is -2.93. The van der Waals surface area contributed by atoms with Crippen LogP contribution in [-0.4, -0.2) is 52.1 Å². The number of aryl methyl sites for hydroxylation is 1. The molecule has 0 spiro atoms. The number of methoxy groups -OCH3 is 1. The number of nitrogens with zero attached hydrogens (tertiary/aromatic N) is 1. The van der Waals surface area contributed by atoms with Crippen molar-refractivity contribution in [2.45, 2.75) is 39.0 Å². The molecule has 7 heteroatoms. The van der Waals surface area contributed by atoms with Crippen molar-refractivity contribution in [1.82, 2.24) is 10.6 Å². The molecule has 2 aromatic rings. The number of rotatable bonds is 9. The zero-order valence-corrected chi connectivity index (χ0v) is 18.8. The largest absolute Gasteiger partial charge is 0.497 e. The lowest BCUT2D eigenvalue weighted by molar-refractivity contribution is 0.140. The van der Waals surface area contributed by atoms with Crippen molar-refractivity contribution in [3.8, 4) is 17.2 Å². The number of hydrogen-bond donors (Lipinski definition) is 2. The highest BCUT2D eigenvalue weighted by molar-refractivity contribution is 5.79. The molecule has 1 heterocycles. The second-order valence-electron chi connectivity index (χ2n) is 7.63. The fraction of sp³-hybridized carbons (Fsp3) is 0.458. The summed E-state index contributed by atoms with van der Waals surface area (Å²) in [4.78, 5) is 4.32. The van der Waals surface area contributed by atoms with Crippen LogP contribution in [-0.2, 0) is 11.3 Å². The Kier molecular flexibility index (Phi) is 8.41. The van der Waals surface area contributed by atoms with Crippen LogP contribution in [0.3, 0.4) is 0 Å². The smallest absolute Gasteiger partial charge is 0.191 e. The van der Waals surface area contributed by atoms with Gasteiger partial charge in [0.2, 0.25) is 0 Å². The molecule has 1 fully saturated rings. The second-order valence-corrected chi connectivity index (χ2v) is 7.63. The molecule has 2 unspecified atom stereocenters. The van der Waals surface area contributed by atoms with Gasteiger partial charge >= 0.3 is 0 Å². The van der Waals surface area contributed by atoms with E-state index in [2.05, 4.69) is 40.7 Å². The molecule has 168 valence electrons. The lowest BCUT2D eigenvalue weighted by Crippen LogP contribution is -2.41. The Morgan fingerprint density at radius 1 is 1.19 bits per heavy atom. The lowest BCUT2D eigenvalue weighted by Gasteiger charge is -2.19. The molecule has 2 N–H and O–H groups in total. The van der Waals surface area contributed by atoms with Crippen LogP contribution >= 0.6 is 0 Å². The summed E-state index contributed by atoms with van der Waals surface area (Å²) in [6.07, 6.45) is 0.994. The number of nitrogens with one attached hydrogen (secondary N) is 2. The Morgan fingerprint density at radius 2 is 2.03 bits per heavy atom. The van der Waals surface area contributed by atoms with Crippen LogP contribution in [0.2, 0.25) is 0 Å². The lowest BCUT2D eigenvalue weighted by atomic mass is 10.1. The van der Waals surface area contributed by atoms with Crippen molar-refractivity contribution < 1.29 is 18.9 Å². The van der Waals surface area contributed by atoms with Gasteiger partial charge in [0, 0.05) is 31.6 Å². The van der Waals surface area contributed by atoms with Crippen molar-refractivity contribution in [2.24, 2.45) is 4.99 Å². The van der Waals surface area contributed by atoms with Gasteiger partial charge in [-0.25, -0.2) is 0 Å². The van der Waals surface area contributed by atoms with Gasteiger partial charge < -0.3 is 29.6 Å². The summed E-state index contributed by atoms with van der Waals surface area (Å²) in [7, 11) is 3.40. The van der Waals surface area contributed by atoms with E-state index >= 15 is 0 Å². The second kappa shape index (κ2) is 11.5. The van der Waals surface area contributed by atoms with Gasteiger partial charge in [0.25, 0.3) is 0 Å². The van der Waals surface area contributed by atoms with Crippen LogP contribution in [0.5, 0.6) is 17.2 Å². The molecule has 0 radical (unpaired) electrons. The number of ether oxygens (including phenoxy) is 4. The fourth-order valence-electron chi connectivity index (χ4n) is 3.29. The maximum atomic E-state index is 6.18. The van der Waals surface area contributed by atoms with Crippen LogP contribution in [0.1, 0.15) is 24.5 Å². The third-order valence-electron chi connectivity index (χ3n) is 5.01. The molecular formula is C24H33N3O4. The van der Waals surface area contributed by atoms with Crippen LogP contribution in [0.25, 0.3) is 0 Å². The summed E-state index contributed by atoms with van der Waals surface area (Å²) in [6, 6.07) is 13.9. The Morgan fingerprint density at radius 3 is 2.77 bits per heavy atom. The average Bonchev–Trinajstić information content (AvgIpc) is 3.28. The number of hydrogen-bond acceptors (Lipinski definition) is 5. The minimum Gasteiger partial charge on any atom is -0.497 e. The summed E-state index contributed by atoms with van der Waals surface area (Å²) in [5.74, 6) is 3.15. The number of aliphatic imine (C=N–C) groups is 1. The van der Waals surface area contributed by atoms with Gasteiger partial charge in [-0.05, 0) is 37.6 Å². The zero-order valence-electron chi connectivity index (χ0n) is 18.8. The predicted octanol–water partition coefficient (Wildman–Crippen LogP) is 3.30.